The average molecular weight is 461 g/mol. The van der Waals surface area contributed by atoms with Crippen molar-refractivity contribution in [3.05, 3.63) is 28.2 Å². The first-order valence-electron chi connectivity index (χ1n) is 9.44. The second-order valence-electron chi connectivity index (χ2n) is 7.88. The van der Waals surface area contributed by atoms with Crippen molar-refractivity contribution in [1.29, 1.82) is 0 Å². The number of benzene rings is 1. The lowest BCUT2D eigenvalue weighted by molar-refractivity contribution is -0.133. The highest BCUT2D eigenvalue weighted by Crippen LogP contribution is 2.42. The molecule has 1 N–H and O–H groups in total. The summed E-state index contributed by atoms with van der Waals surface area (Å²) in [5.41, 5.74) is -0.814. The van der Waals surface area contributed by atoms with Crippen LogP contribution in [0.4, 0.5) is 4.79 Å². The van der Waals surface area contributed by atoms with E-state index >= 15 is 0 Å². The van der Waals surface area contributed by atoms with Gasteiger partial charge >= 0.3 is 6.03 Å². The van der Waals surface area contributed by atoms with Crippen LogP contribution in [0.25, 0.3) is 0 Å². The second kappa shape index (κ2) is 7.39. The Hall–Kier alpha value is -1.39. The molecule has 1 aromatic rings. The van der Waals surface area contributed by atoms with Gasteiger partial charge in [-0.05, 0) is 43.9 Å². The molecule has 0 bridgehead atoms. The molecule has 0 spiro atoms. The van der Waals surface area contributed by atoms with Crippen molar-refractivity contribution < 1.29 is 18.0 Å². The largest absolute Gasteiger partial charge is 0.326 e. The van der Waals surface area contributed by atoms with Crippen LogP contribution in [0, 0.1) is 5.92 Å². The third-order valence-electron chi connectivity index (χ3n) is 5.88. The number of nitrogens with zero attached hydrogens (tertiary/aromatic N) is 3. The van der Waals surface area contributed by atoms with Crippen LogP contribution in [-0.2, 0) is 14.8 Å². The standard InChI is InChI=1S/C18H22Cl2N4O4S/c1-18(12-2-3-12)16(25)24(17(26)21-18)11-22-6-8-23(9-7-22)29(27,28)15-10-13(19)4-5-14(15)20/h4-5,10,12H,2-3,6-9,11H2,1H3,(H,21,26). The van der Waals surface area contributed by atoms with Crippen molar-refractivity contribution in [1.82, 2.24) is 19.4 Å². The Morgan fingerprint density at radius 2 is 1.79 bits per heavy atom. The Balaban J connectivity index is 1.40. The smallest absolute Gasteiger partial charge is 0.323 e. The van der Waals surface area contributed by atoms with Crippen molar-refractivity contribution in [2.24, 2.45) is 5.92 Å². The van der Waals surface area contributed by atoms with Gasteiger partial charge in [-0.2, -0.15) is 4.31 Å². The van der Waals surface area contributed by atoms with Crippen molar-refractivity contribution in [3.8, 4) is 0 Å². The fourth-order valence-electron chi connectivity index (χ4n) is 3.91. The van der Waals surface area contributed by atoms with Crippen LogP contribution in [0.1, 0.15) is 19.8 Å². The number of hydrogen-bond donors (Lipinski definition) is 1. The highest BCUT2D eigenvalue weighted by molar-refractivity contribution is 7.89. The van der Waals surface area contributed by atoms with Gasteiger partial charge in [0.2, 0.25) is 10.0 Å². The maximum absolute atomic E-state index is 12.9. The predicted octanol–water partition coefficient (Wildman–Crippen LogP) is 1.98. The van der Waals surface area contributed by atoms with Gasteiger partial charge in [0, 0.05) is 31.2 Å². The first-order chi connectivity index (χ1) is 13.6. The van der Waals surface area contributed by atoms with Gasteiger partial charge in [0.05, 0.1) is 11.7 Å². The van der Waals surface area contributed by atoms with Crippen LogP contribution in [0.15, 0.2) is 23.1 Å². The molecule has 1 saturated carbocycles. The second-order valence-corrected chi connectivity index (χ2v) is 10.6. The van der Waals surface area contributed by atoms with Crippen molar-refractivity contribution in [3.63, 3.8) is 0 Å². The molecule has 1 aliphatic carbocycles. The molecule has 4 rings (SSSR count). The summed E-state index contributed by atoms with van der Waals surface area (Å²) in [6.45, 7) is 3.19. The fourth-order valence-corrected chi connectivity index (χ4v) is 6.07. The molecule has 2 heterocycles. The van der Waals surface area contributed by atoms with E-state index in [1.807, 2.05) is 4.90 Å². The first kappa shape index (κ1) is 20.9. The zero-order chi connectivity index (χ0) is 21.0. The number of halogens is 2. The molecule has 3 amide bonds. The minimum Gasteiger partial charge on any atom is -0.323 e. The summed E-state index contributed by atoms with van der Waals surface area (Å²) in [4.78, 5) is 28.2. The van der Waals surface area contributed by atoms with Crippen LogP contribution >= 0.6 is 23.2 Å². The maximum Gasteiger partial charge on any atom is 0.326 e. The summed E-state index contributed by atoms with van der Waals surface area (Å²) >= 11 is 12.0. The van der Waals surface area contributed by atoms with Gasteiger partial charge in [-0.25, -0.2) is 18.1 Å². The van der Waals surface area contributed by atoms with Gasteiger partial charge in [-0.15, -0.1) is 0 Å². The van der Waals surface area contributed by atoms with Crippen LogP contribution in [-0.4, -0.2) is 72.8 Å². The van der Waals surface area contributed by atoms with E-state index in [-0.39, 0.29) is 47.5 Å². The van der Waals surface area contributed by atoms with E-state index in [4.69, 9.17) is 23.2 Å². The van der Waals surface area contributed by atoms with Crippen molar-refractivity contribution in [2.45, 2.75) is 30.2 Å². The van der Waals surface area contributed by atoms with E-state index < -0.39 is 15.6 Å². The van der Waals surface area contributed by atoms with Gasteiger partial charge in [-0.3, -0.25) is 9.69 Å². The minimum absolute atomic E-state index is 0.0191. The van der Waals surface area contributed by atoms with E-state index in [2.05, 4.69) is 5.32 Å². The van der Waals surface area contributed by atoms with Crippen molar-refractivity contribution in [2.75, 3.05) is 32.8 Å². The molecule has 0 aromatic heterocycles. The molecule has 29 heavy (non-hydrogen) atoms. The highest BCUT2D eigenvalue weighted by Gasteiger charge is 2.56. The van der Waals surface area contributed by atoms with Gasteiger partial charge in [-0.1, -0.05) is 23.2 Å². The fraction of sp³-hybridized carbons (Fsp3) is 0.556. The van der Waals surface area contributed by atoms with E-state index in [1.54, 1.807) is 6.92 Å². The van der Waals surface area contributed by atoms with Gasteiger partial charge in [0.15, 0.2) is 0 Å². The summed E-state index contributed by atoms with van der Waals surface area (Å²) in [6, 6.07) is 3.96. The summed E-state index contributed by atoms with van der Waals surface area (Å²) in [6.07, 6.45) is 1.89. The number of carbonyl (C=O) groups is 2. The quantitative estimate of drug-likeness (QED) is 0.678. The van der Waals surface area contributed by atoms with Gasteiger partial charge in [0.25, 0.3) is 5.91 Å². The lowest BCUT2D eigenvalue weighted by atomic mass is 9.96. The van der Waals surface area contributed by atoms with Crippen LogP contribution in [0.2, 0.25) is 10.0 Å². The molecule has 11 heteroatoms. The normalized spacial score (nSPS) is 26.8. The Kier molecular flexibility index (Phi) is 5.31. The molecule has 1 unspecified atom stereocenters. The molecule has 1 atom stereocenters. The zero-order valence-electron chi connectivity index (χ0n) is 15.9. The molecule has 1 aromatic carbocycles. The first-order valence-corrected chi connectivity index (χ1v) is 11.6. The number of carbonyl (C=O) groups excluding carboxylic acids is 2. The third-order valence-corrected chi connectivity index (χ3v) is 8.49. The average Bonchev–Trinajstić information content (AvgIpc) is 3.50. The number of imide groups is 1. The Morgan fingerprint density at radius 1 is 1.14 bits per heavy atom. The molecular weight excluding hydrogens is 439 g/mol. The maximum atomic E-state index is 12.9. The molecule has 0 radical (unpaired) electrons. The number of hydrogen-bond acceptors (Lipinski definition) is 5. The van der Waals surface area contributed by atoms with Crippen LogP contribution in [0.3, 0.4) is 0 Å². The zero-order valence-corrected chi connectivity index (χ0v) is 18.2. The Labute approximate surface area is 179 Å². The number of rotatable bonds is 5. The topological polar surface area (TPSA) is 90.0 Å². The molecule has 2 saturated heterocycles. The van der Waals surface area contributed by atoms with Crippen LogP contribution < -0.4 is 5.32 Å². The third kappa shape index (κ3) is 3.74. The number of nitrogens with one attached hydrogen (secondary N) is 1. The lowest BCUT2D eigenvalue weighted by Gasteiger charge is -2.35. The van der Waals surface area contributed by atoms with Crippen LogP contribution in [0.5, 0.6) is 0 Å². The molecule has 8 nitrogen and oxygen atoms in total. The number of piperazine rings is 1. The van der Waals surface area contributed by atoms with E-state index in [9.17, 15) is 18.0 Å². The predicted molar refractivity (Wildman–Crippen MR) is 108 cm³/mol. The SMILES string of the molecule is CC1(C2CC2)NC(=O)N(CN2CCN(S(=O)(=O)c3cc(Cl)ccc3Cl)CC2)C1=O. The summed E-state index contributed by atoms with van der Waals surface area (Å²) in [5.74, 6) is -0.000791. The Bertz CT molecular complexity index is 961. The molecular formula is C18H22Cl2N4O4S. The number of sulfonamides is 1. The summed E-state index contributed by atoms with van der Waals surface area (Å²) in [5, 5.41) is 3.24. The van der Waals surface area contributed by atoms with E-state index in [0.717, 1.165) is 12.8 Å². The van der Waals surface area contributed by atoms with Gasteiger partial charge < -0.3 is 5.32 Å². The molecule has 2 aliphatic heterocycles. The van der Waals surface area contributed by atoms with E-state index in [0.29, 0.717) is 18.1 Å². The molecule has 158 valence electrons. The Morgan fingerprint density at radius 3 is 2.41 bits per heavy atom. The van der Waals surface area contributed by atoms with Gasteiger partial charge in [0.1, 0.15) is 10.4 Å². The molecule has 3 aliphatic rings. The lowest BCUT2D eigenvalue weighted by Crippen LogP contribution is -2.53. The van der Waals surface area contributed by atoms with Crippen molar-refractivity contribution >= 4 is 45.2 Å². The summed E-state index contributed by atoms with van der Waals surface area (Å²) < 4.78 is 27.2. The van der Waals surface area contributed by atoms with E-state index in [1.165, 1.54) is 27.4 Å². The number of amides is 3. The molecule has 3 fully saturated rings. The summed E-state index contributed by atoms with van der Waals surface area (Å²) in [7, 11) is -3.78. The number of urea groups is 1. The monoisotopic (exact) mass is 460 g/mol. The minimum atomic E-state index is -3.78. The highest BCUT2D eigenvalue weighted by atomic mass is 35.5.